The summed E-state index contributed by atoms with van der Waals surface area (Å²) in [5.74, 6) is 0. The summed E-state index contributed by atoms with van der Waals surface area (Å²) in [6.45, 7) is 18.9. The standard InChI is InChI=1S/C42H43BN2/c1-27-16-23-36-34(24-27)43-33-12-9-10-13-35(33)45(30-21-22-31-32(25-30)42(7,8)26-41(31,5)6)38-15-11-14-37(39(38)43)44(36)29-19-17-28(18-20-29)40(2,3)4/h9-25H,26H2,1-8H3. The molecule has 2 aliphatic heterocycles. The van der Waals surface area contributed by atoms with Crippen LogP contribution in [0, 0.1) is 6.92 Å². The van der Waals surface area contributed by atoms with Gasteiger partial charge in [-0.2, -0.15) is 0 Å². The van der Waals surface area contributed by atoms with Crippen molar-refractivity contribution >= 4 is 57.2 Å². The minimum absolute atomic E-state index is 0.107. The third-order valence-electron chi connectivity index (χ3n) is 10.6. The number of nitrogens with zero attached hydrogens (tertiary/aromatic N) is 2. The lowest BCUT2D eigenvalue weighted by Gasteiger charge is -2.44. The van der Waals surface area contributed by atoms with E-state index in [4.69, 9.17) is 0 Å². The summed E-state index contributed by atoms with van der Waals surface area (Å²) in [6, 6.07) is 39.5. The Bertz CT molecular complexity index is 1990. The number of rotatable bonds is 2. The van der Waals surface area contributed by atoms with Crippen molar-refractivity contribution in [3.63, 3.8) is 0 Å². The first-order chi connectivity index (χ1) is 21.3. The van der Waals surface area contributed by atoms with E-state index in [9.17, 15) is 0 Å². The summed E-state index contributed by atoms with van der Waals surface area (Å²) < 4.78 is 0. The second kappa shape index (κ2) is 9.39. The summed E-state index contributed by atoms with van der Waals surface area (Å²) in [5, 5.41) is 0. The first kappa shape index (κ1) is 28.3. The van der Waals surface area contributed by atoms with Gasteiger partial charge in [-0.25, -0.2) is 0 Å². The Kier molecular flexibility index (Phi) is 5.90. The Morgan fingerprint density at radius 3 is 1.89 bits per heavy atom. The van der Waals surface area contributed by atoms with Gasteiger partial charge >= 0.3 is 0 Å². The van der Waals surface area contributed by atoms with E-state index >= 15 is 0 Å². The quantitative estimate of drug-likeness (QED) is 0.186. The van der Waals surface area contributed by atoms with Gasteiger partial charge in [0, 0.05) is 34.1 Å². The maximum absolute atomic E-state index is 2.54. The van der Waals surface area contributed by atoms with Crippen LogP contribution in [0.5, 0.6) is 0 Å². The molecule has 0 spiro atoms. The van der Waals surface area contributed by atoms with Gasteiger partial charge in [0.05, 0.1) is 0 Å². The monoisotopic (exact) mass is 586 g/mol. The van der Waals surface area contributed by atoms with Gasteiger partial charge in [0.25, 0.3) is 6.71 Å². The van der Waals surface area contributed by atoms with Crippen LogP contribution in [0.2, 0.25) is 0 Å². The average molecular weight is 587 g/mol. The molecular formula is C42H43BN2. The molecule has 5 aromatic rings. The predicted octanol–water partition coefficient (Wildman–Crippen LogP) is 9.33. The third-order valence-corrected chi connectivity index (χ3v) is 10.6. The van der Waals surface area contributed by atoms with E-state index in [0.29, 0.717) is 0 Å². The second-order valence-electron chi connectivity index (χ2n) is 15.9. The van der Waals surface area contributed by atoms with Gasteiger partial charge in [0.15, 0.2) is 0 Å². The van der Waals surface area contributed by atoms with Crippen molar-refractivity contribution in [1.29, 1.82) is 0 Å². The maximum Gasteiger partial charge on any atom is 0.252 e. The van der Waals surface area contributed by atoms with Crippen LogP contribution in [0.3, 0.4) is 0 Å². The second-order valence-corrected chi connectivity index (χ2v) is 15.9. The van der Waals surface area contributed by atoms with Crippen molar-refractivity contribution in [3.8, 4) is 0 Å². The van der Waals surface area contributed by atoms with Gasteiger partial charge in [-0.15, -0.1) is 0 Å². The summed E-state index contributed by atoms with van der Waals surface area (Å²) >= 11 is 0. The number of benzene rings is 5. The van der Waals surface area contributed by atoms with Gasteiger partial charge < -0.3 is 9.80 Å². The highest BCUT2D eigenvalue weighted by Crippen LogP contribution is 2.52. The van der Waals surface area contributed by atoms with Crippen LogP contribution in [0.15, 0.2) is 103 Å². The third kappa shape index (κ3) is 4.16. The van der Waals surface area contributed by atoms with Crippen LogP contribution in [-0.2, 0) is 16.2 Å². The minimum atomic E-state index is 0.107. The molecule has 5 aromatic carbocycles. The molecule has 0 amide bonds. The lowest BCUT2D eigenvalue weighted by Crippen LogP contribution is -2.61. The molecule has 0 aromatic heterocycles. The van der Waals surface area contributed by atoms with Gasteiger partial charge in [0.2, 0.25) is 0 Å². The molecule has 3 aliphatic rings. The minimum Gasteiger partial charge on any atom is -0.311 e. The Hall–Kier alpha value is -4.24. The molecule has 0 fully saturated rings. The fourth-order valence-corrected chi connectivity index (χ4v) is 8.79. The number of aryl methyl sites for hydroxylation is 1. The number of hydrogen-bond acceptors (Lipinski definition) is 2. The fraction of sp³-hybridized carbons (Fsp3) is 0.286. The molecule has 0 saturated carbocycles. The van der Waals surface area contributed by atoms with Crippen LogP contribution in [0.4, 0.5) is 34.1 Å². The molecule has 0 radical (unpaired) electrons. The molecule has 45 heavy (non-hydrogen) atoms. The number of anilines is 6. The molecule has 8 rings (SSSR count). The molecule has 2 heterocycles. The molecule has 0 unspecified atom stereocenters. The maximum atomic E-state index is 2.54. The molecular weight excluding hydrogens is 543 g/mol. The molecule has 0 bridgehead atoms. The zero-order valence-electron chi connectivity index (χ0n) is 28.0. The highest BCUT2D eigenvalue weighted by Gasteiger charge is 2.45. The SMILES string of the molecule is Cc1ccc2c(c1)B1c3ccccc3N(c3ccc4c(c3)C(C)(C)CC4(C)C)c3cccc(c31)N2c1ccc(C(C)(C)C)cc1. The van der Waals surface area contributed by atoms with Crippen molar-refractivity contribution in [2.45, 2.75) is 78.1 Å². The van der Waals surface area contributed by atoms with Crippen molar-refractivity contribution in [2.24, 2.45) is 0 Å². The van der Waals surface area contributed by atoms with Gasteiger partial charge in [-0.3, -0.25) is 0 Å². The zero-order valence-corrected chi connectivity index (χ0v) is 28.0. The summed E-state index contributed by atoms with van der Waals surface area (Å²) in [4.78, 5) is 5.03. The van der Waals surface area contributed by atoms with Crippen molar-refractivity contribution < 1.29 is 0 Å². The summed E-state index contributed by atoms with van der Waals surface area (Å²) in [7, 11) is 0. The van der Waals surface area contributed by atoms with Crippen molar-refractivity contribution in [3.05, 3.63) is 125 Å². The first-order valence-electron chi connectivity index (χ1n) is 16.5. The Labute approximate surface area is 269 Å². The lowest BCUT2D eigenvalue weighted by atomic mass is 9.33. The van der Waals surface area contributed by atoms with Crippen LogP contribution < -0.4 is 26.2 Å². The summed E-state index contributed by atoms with van der Waals surface area (Å²) in [6.07, 6.45) is 1.16. The van der Waals surface area contributed by atoms with Crippen LogP contribution in [-0.4, -0.2) is 6.71 Å². The Morgan fingerprint density at radius 2 is 1.18 bits per heavy atom. The van der Waals surface area contributed by atoms with Crippen LogP contribution in [0.1, 0.15) is 77.1 Å². The predicted molar refractivity (Wildman–Crippen MR) is 195 cm³/mol. The van der Waals surface area contributed by atoms with E-state index in [1.54, 1.807) is 0 Å². The van der Waals surface area contributed by atoms with Gasteiger partial charge in [-0.05, 0) is 111 Å². The number of fused-ring (bicyclic) bond motifs is 5. The van der Waals surface area contributed by atoms with E-state index in [-0.39, 0.29) is 23.0 Å². The highest BCUT2D eigenvalue weighted by molar-refractivity contribution is 7.00. The van der Waals surface area contributed by atoms with E-state index in [1.165, 1.54) is 72.8 Å². The molecule has 0 saturated heterocycles. The van der Waals surface area contributed by atoms with E-state index < -0.39 is 0 Å². The smallest absolute Gasteiger partial charge is 0.252 e. The summed E-state index contributed by atoms with van der Waals surface area (Å²) in [5.41, 5.74) is 17.7. The normalized spacial score (nSPS) is 17.0. The van der Waals surface area contributed by atoms with E-state index in [2.05, 4.69) is 168 Å². The van der Waals surface area contributed by atoms with Gasteiger partial charge in [-0.1, -0.05) is 109 Å². The number of para-hydroxylation sites is 1. The van der Waals surface area contributed by atoms with Crippen molar-refractivity contribution in [2.75, 3.05) is 9.80 Å². The van der Waals surface area contributed by atoms with E-state index in [1.807, 2.05) is 0 Å². The molecule has 3 heteroatoms. The topological polar surface area (TPSA) is 6.48 Å². The van der Waals surface area contributed by atoms with Crippen molar-refractivity contribution in [1.82, 2.24) is 0 Å². The first-order valence-corrected chi connectivity index (χ1v) is 16.5. The average Bonchev–Trinajstić information content (AvgIpc) is 3.19. The Balaban J connectivity index is 1.38. The van der Waals surface area contributed by atoms with E-state index in [0.717, 1.165) is 6.42 Å². The number of hydrogen-bond donors (Lipinski definition) is 0. The molecule has 2 nitrogen and oxygen atoms in total. The highest BCUT2D eigenvalue weighted by atomic mass is 15.2. The van der Waals surface area contributed by atoms with Crippen LogP contribution in [0.25, 0.3) is 0 Å². The molecule has 224 valence electrons. The molecule has 1 aliphatic carbocycles. The van der Waals surface area contributed by atoms with Crippen LogP contribution >= 0.6 is 0 Å². The Morgan fingerprint density at radius 1 is 0.578 bits per heavy atom. The fourth-order valence-electron chi connectivity index (χ4n) is 8.79. The molecule has 0 atom stereocenters. The lowest BCUT2D eigenvalue weighted by molar-refractivity contribution is 0.403. The largest absolute Gasteiger partial charge is 0.311 e. The molecule has 0 N–H and O–H groups in total. The zero-order chi connectivity index (χ0) is 31.5. The van der Waals surface area contributed by atoms with Gasteiger partial charge in [0.1, 0.15) is 0 Å².